The SMILES string of the molecule is O=C(CCCc1ccccc1)N1CCCC(OCc2noc(-c3cccnc3)n2)C1. The molecule has 0 saturated carbocycles. The summed E-state index contributed by atoms with van der Waals surface area (Å²) in [5, 5.41) is 3.98. The molecule has 4 rings (SSSR count). The molecule has 7 heteroatoms. The van der Waals surface area contributed by atoms with Crippen molar-refractivity contribution in [3.05, 3.63) is 66.2 Å². The zero-order valence-electron chi connectivity index (χ0n) is 16.9. The highest BCUT2D eigenvalue weighted by atomic mass is 16.5. The molecule has 0 N–H and O–H groups in total. The minimum absolute atomic E-state index is 0.00262. The van der Waals surface area contributed by atoms with Crippen LogP contribution in [0.15, 0.2) is 59.4 Å². The highest BCUT2D eigenvalue weighted by molar-refractivity contribution is 5.76. The van der Waals surface area contributed by atoms with Crippen molar-refractivity contribution in [3.63, 3.8) is 0 Å². The average Bonchev–Trinajstić information content (AvgIpc) is 3.28. The molecular weight excluding hydrogens is 380 g/mol. The Morgan fingerprint density at radius 3 is 2.93 bits per heavy atom. The number of hydrogen-bond acceptors (Lipinski definition) is 6. The standard InChI is InChI=1S/C23H26N4O3/c28-22(12-4-9-18-7-2-1-3-8-18)27-14-6-11-20(16-27)29-17-21-25-23(30-26-21)19-10-5-13-24-15-19/h1-3,5,7-8,10,13,15,20H,4,6,9,11-12,14,16-17H2. The van der Waals surface area contributed by atoms with E-state index in [4.69, 9.17) is 9.26 Å². The first-order chi connectivity index (χ1) is 14.8. The smallest absolute Gasteiger partial charge is 0.259 e. The first-order valence-corrected chi connectivity index (χ1v) is 10.4. The first kappa shape index (κ1) is 20.2. The quantitative estimate of drug-likeness (QED) is 0.568. The summed E-state index contributed by atoms with van der Waals surface area (Å²) < 4.78 is 11.3. The molecule has 30 heavy (non-hydrogen) atoms. The molecule has 1 fully saturated rings. The largest absolute Gasteiger partial charge is 0.368 e. The van der Waals surface area contributed by atoms with E-state index < -0.39 is 0 Å². The van der Waals surface area contributed by atoms with Crippen LogP contribution in [0.25, 0.3) is 11.5 Å². The number of pyridine rings is 1. The molecule has 1 saturated heterocycles. The molecule has 1 aliphatic heterocycles. The van der Waals surface area contributed by atoms with E-state index in [1.807, 2.05) is 35.2 Å². The van der Waals surface area contributed by atoms with Gasteiger partial charge < -0.3 is 14.2 Å². The molecular formula is C23H26N4O3. The number of carbonyl (C=O) groups excluding carboxylic acids is 1. The van der Waals surface area contributed by atoms with Crippen molar-refractivity contribution in [1.29, 1.82) is 0 Å². The lowest BCUT2D eigenvalue weighted by atomic mass is 10.1. The Kier molecular flexibility index (Phi) is 6.82. The van der Waals surface area contributed by atoms with Gasteiger partial charge >= 0.3 is 0 Å². The van der Waals surface area contributed by atoms with E-state index >= 15 is 0 Å². The predicted octanol–water partition coefficient (Wildman–Crippen LogP) is 3.66. The Balaban J connectivity index is 1.22. The lowest BCUT2D eigenvalue weighted by Gasteiger charge is -2.32. The van der Waals surface area contributed by atoms with Gasteiger partial charge in [-0.2, -0.15) is 4.98 Å². The second-order valence-corrected chi connectivity index (χ2v) is 7.51. The van der Waals surface area contributed by atoms with Crippen molar-refractivity contribution < 1.29 is 14.1 Å². The van der Waals surface area contributed by atoms with E-state index in [1.54, 1.807) is 12.4 Å². The van der Waals surface area contributed by atoms with Crippen molar-refractivity contribution in [2.45, 2.75) is 44.8 Å². The van der Waals surface area contributed by atoms with Crippen LogP contribution in [0, 0.1) is 0 Å². The zero-order chi connectivity index (χ0) is 20.6. The number of likely N-dealkylation sites (tertiary alicyclic amines) is 1. The second kappa shape index (κ2) is 10.1. The predicted molar refractivity (Wildman–Crippen MR) is 111 cm³/mol. The summed E-state index contributed by atoms with van der Waals surface area (Å²) in [6, 6.07) is 14.0. The molecule has 1 aliphatic rings. The van der Waals surface area contributed by atoms with Crippen LogP contribution in [0.5, 0.6) is 0 Å². The zero-order valence-corrected chi connectivity index (χ0v) is 16.9. The Bertz CT molecular complexity index is 930. The summed E-state index contributed by atoms with van der Waals surface area (Å²) in [5.74, 6) is 1.14. The number of nitrogens with zero attached hydrogens (tertiary/aromatic N) is 4. The van der Waals surface area contributed by atoms with Gasteiger partial charge in [-0.1, -0.05) is 35.5 Å². The maximum absolute atomic E-state index is 12.6. The van der Waals surface area contributed by atoms with Gasteiger partial charge in [0.1, 0.15) is 6.61 Å². The summed E-state index contributed by atoms with van der Waals surface area (Å²) in [7, 11) is 0. The van der Waals surface area contributed by atoms with E-state index in [1.165, 1.54) is 5.56 Å². The van der Waals surface area contributed by atoms with Gasteiger partial charge in [-0.25, -0.2) is 0 Å². The number of hydrogen-bond donors (Lipinski definition) is 0. The molecule has 3 aromatic rings. The van der Waals surface area contributed by atoms with E-state index in [9.17, 15) is 4.79 Å². The van der Waals surface area contributed by atoms with Crippen LogP contribution in [0.4, 0.5) is 0 Å². The highest BCUT2D eigenvalue weighted by Gasteiger charge is 2.24. The maximum atomic E-state index is 12.6. The summed E-state index contributed by atoms with van der Waals surface area (Å²) in [6.07, 6.45) is 7.62. The molecule has 1 amide bonds. The van der Waals surface area contributed by atoms with Crippen LogP contribution in [-0.2, 0) is 22.6 Å². The minimum Gasteiger partial charge on any atom is -0.368 e. The molecule has 1 atom stereocenters. The summed E-state index contributed by atoms with van der Waals surface area (Å²) in [5.41, 5.74) is 2.05. The molecule has 0 bridgehead atoms. The summed E-state index contributed by atoms with van der Waals surface area (Å²) >= 11 is 0. The number of carbonyl (C=O) groups is 1. The number of rotatable bonds is 8. The van der Waals surface area contributed by atoms with Crippen LogP contribution in [0.2, 0.25) is 0 Å². The third-order valence-electron chi connectivity index (χ3n) is 5.25. The topological polar surface area (TPSA) is 81.4 Å². The number of aryl methyl sites for hydroxylation is 1. The third kappa shape index (κ3) is 5.51. The monoisotopic (exact) mass is 406 g/mol. The lowest BCUT2D eigenvalue weighted by Crippen LogP contribution is -2.43. The molecule has 156 valence electrons. The number of ether oxygens (including phenoxy) is 1. The van der Waals surface area contributed by atoms with Gasteiger partial charge in [0.2, 0.25) is 5.91 Å². The molecule has 0 radical (unpaired) electrons. The minimum atomic E-state index is -0.00262. The third-order valence-corrected chi connectivity index (χ3v) is 5.25. The van der Waals surface area contributed by atoms with Crippen LogP contribution in [0.3, 0.4) is 0 Å². The van der Waals surface area contributed by atoms with Crippen molar-refractivity contribution in [2.24, 2.45) is 0 Å². The van der Waals surface area contributed by atoms with Gasteiger partial charge in [-0.15, -0.1) is 0 Å². The van der Waals surface area contributed by atoms with Gasteiger partial charge in [0.25, 0.3) is 5.89 Å². The van der Waals surface area contributed by atoms with Gasteiger partial charge in [0.05, 0.1) is 11.7 Å². The van der Waals surface area contributed by atoms with E-state index in [-0.39, 0.29) is 18.6 Å². The maximum Gasteiger partial charge on any atom is 0.259 e. The highest BCUT2D eigenvalue weighted by Crippen LogP contribution is 2.18. The Labute approximate surface area is 176 Å². The fraction of sp³-hybridized carbons (Fsp3) is 0.391. The fourth-order valence-corrected chi connectivity index (χ4v) is 3.66. The van der Waals surface area contributed by atoms with E-state index in [2.05, 4.69) is 27.3 Å². The number of aromatic nitrogens is 3. The molecule has 3 heterocycles. The fourth-order valence-electron chi connectivity index (χ4n) is 3.66. The normalized spacial score (nSPS) is 16.5. The van der Waals surface area contributed by atoms with Gasteiger partial charge in [-0.05, 0) is 43.4 Å². The van der Waals surface area contributed by atoms with Crippen LogP contribution in [-0.4, -0.2) is 45.1 Å². The van der Waals surface area contributed by atoms with Gasteiger partial charge in [-0.3, -0.25) is 9.78 Å². The molecule has 1 unspecified atom stereocenters. The molecule has 2 aromatic heterocycles. The van der Waals surface area contributed by atoms with Crippen LogP contribution < -0.4 is 0 Å². The van der Waals surface area contributed by atoms with Crippen molar-refractivity contribution in [2.75, 3.05) is 13.1 Å². The van der Waals surface area contributed by atoms with Crippen LogP contribution >= 0.6 is 0 Å². The Morgan fingerprint density at radius 1 is 1.20 bits per heavy atom. The average molecular weight is 406 g/mol. The number of benzene rings is 1. The van der Waals surface area contributed by atoms with Crippen molar-refractivity contribution in [1.82, 2.24) is 20.0 Å². The van der Waals surface area contributed by atoms with Gasteiger partial charge in [0.15, 0.2) is 5.82 Å². The number of amides is 1. The first-order valence-electron chi connectivity index (χ1n) is 10.4. The van der Waals surface area contributed by atoms with Crippen molar-refractivity contribution >= 4 is 5.91 Å². The second-order valence-electron chi connectivity index (χ2n) is 7.51. The van der Waals surface area contributed by atoms with Crippen molar-refractivity contribution in [3.8, 4) is 11.5 Å². The van der Waals surface area contributed by atoms with Crippen LogP contribution in [0.1, 0.15) is 37.1 Å². The Hall–Kier alpha value is -3.06. The molecule has 0 spiro atoms. The Morgan fingerprint density at radius 2 is 2.10 bits per heavy atom. The molecule has 1 aromatic carbocycles. The molecule has 0 aliphatic carbocycles. The molecule has 7 nitrogen and oxygen atoms in total. The van der Waals surface area contributed by atoms with E-state index in [0.717, 1.165) is 37.8 Å². The lowest BCUT2D eigenvalue weighted by molar-refractivity contribution is -0.135. The van der Waals surface area contributed by atoms with Gasteiger partial charge in [0, 0.05) is 31.9 Å². The number of piperidine rings is 1. The van der Waals surface area contributed by atoms with E-state index in [0.29, 0.717) is 24.7 Å². The summed E-state index contributed by atoms with van der Waals surface area (Å²) in [4.78, 5) is 22.9. The summed E-state index contributed by atoms with van der Waals surface area (Å²) in [6.45, 7) is 1.69.